The van der Waals surface area contributed by atoms with Crippen molar-refractivity contribution in [2.45, 2.75) is 13.1 Å². The summed E-state index contributed by atoms with van der Waals surface area (Å²) in [6.07, 6.45) is 0. The van der Waals surface area contributed by atoms with Crippen LogP contribution in [0, 0.1) is 0 Å². The smallest absolute Gasteiger partial charge is 0.119 e. The van der Waals surface area contributed by atoms with E-state index in [1.165, 1.54) is 49.5 Å². The summed E-state index contributed by atoms with van der Waals surface area (Å²) in [5, 5.41) is 5.24. The highest BCUT2D eigenvalue weighted by Gasteiger charge is 2.23. The number of benzene rings is 5. The van der Waals surface area contributed by atoms with E-state index in [2.05, 4.69) is 89.8 Å². The molecular weight excluding hydrogens is 378 g/mol. The van der Waals surface area contributed by atoms with Crippen LogP contribution in [-0.4, -0.2) is 7.11 Å². The van der Waals surface area contributed by atoms with E-state index < -0.39 is 0 Å². The van der Waals surface area contributed by atoms with Gasteiger partial charge in [-0.25, -0.2) is 0 Å². The minimum Gasteiger partial charge on any atom is -0.497 e. The first kappa shape index (κ1) is 18.0. The van der Waals surface area contributed by atoms with Crippen molar-refractivity contribution in [3.63, 3.8) is 0 Å². The van der Waals surface area contributed by atoms with Gasteiger partial charge in [0.15, 0.2) is 0 Å². The second kappa shape index (κ2) is 7.17. The molecule has 0 atom stereocenters. The Hall–Kier alpha value is -3.78. The SMILES string of the molecule is COc1ccc(N2Cc3ccc4ccccc4c3-c3c(ccc4ccccc34)C2)cc1. The second-order valence-electron chi connectivity index (χ2n) is 8.20. The van der Waals surface area contributed by atoms with Crippen LogP contribution in [0.5, 0.6) is 5.75 Å². The van der Waals surface area contributed by atoms with Crippen LogP contribution in [-0.2, 0) is 13.1 Å². The van der Waals surface area contributed by atoms with Crippen LogP contribution in [0.25, 0.3) is 32.7 Å². The molecular formula is C29H23NO. The molecule has 1 aliphatic rings. The molecule has 0 aromatic heterocycles. The molecule has 0 fully saturated rings. The van der Waals surface area contributed by atoms with Crippen molar-refractivity contribution >= 4 is 27.2 Å². The molecule has 0 saturated heterocycles. The molecule has 2 heteroatoms. The van der Waals surface area contributed by atoms with Gasteiger partial charge in [0.1, 0.15) is 5.75 Å². The summed E-state index contributed by atoms with van der Waals surface area (Å²) in [6, 6.07) is 35.1. The predicted molar refractivity (Wildman–Crippen MR) is 130 cm³/mol. The summed E-state index contributed by atoms with van der Waals surface area (Å²) in [5.41, 5.74) is 6.69. The zero-order valence-electron chi connectivity index (χ0n) is 17.5. The highest BCUT2D eigenvalue weighted by atomic mass is 16.5. The van der Waals surface area contributed by atoms with Gasteiger partial charge in [-0.2, -0.15) is 0 Å². The van der Waals surface area contributed by atoms with Crippen molar-refractivity contribution in [3.8, 4) is 16.9 Å². The standard InChI is InChI=1S/C29H23NO/c1-31-25-16-14-24(15-17-25)30-18-22-12-10-20-6-2-4-8-26(20)28(22)29-23(19-30)13-11-21-7-3-5-9-27(21)29/h2-17H,18-19H2,1H3. The van der Waals surface area contributed by atoms with E-state index >= 15 is 0 Å². The zero-order valence-corrected chi connectivity index (χ0v) is 17.5. The number of hydrogen-bond acceptors (Lipinski definition) is 2. The third-order valence-electron chi connectivity index (χ3n) is 6.44. The summed E-state index contributed by atoms with van der Waals surface area (Å²) >= 11 is 0. The van der Waals surface area contributed by atoms with Gasteiger partial charge in [-0.3, -0.25) is 0 Å². The monoisotopic (exact) mass is 401 g/mol. The molecule has 0 bridgehead atoms. The molecule has 31 heavy (non-hydrogen) atoms. The van der Waals surface area contributed by atoms with Gasteiger partial charge in [-0.1, -0.05) is 72.8 Å². The fourth-order valence-electron chi connectivity index (χ4n) is 4.93. The third-order valence-corrected chi connectivity index (χ3v) is 6.44. The fraction of sp³-hybridized carbons (Fsp3) is 0.103. The molecule has 0 aliphatic carbocycles. The third kappa shape index (κ3) is 2.95. The van der Waals surface area contributed by atoms with Crippen molar-refractivity contribution in [2.24, 2.45) is 0 Å². The van der Waals surface area contributed by atoms with E-state index in [9.17, 15) is 0 Å². The lowest BCUT2D eigenvalue weighted by Crippen LogP contribution is -2.20. The van der Waals surface area contributed by atoms with Crippen LogP contribution in [0.1, 0.15) is 11.1 Å². The maximum absolute atomic E-state index is 5.37. The predicted octanol–water partition coefficient (Wildman–Crippen LogP) is 7.19. The number of anilines is 1. The minimum atomic E-state index is 0.871. The molecule has 0 saturated carbocycles. The number of hydrogen-bond donors (Lipinski definition) is 0. The summed E-state index contributed by atoms with van der Waals surface area (Å²) in [7, 11) is 1.71. The number of methoxy groups -OCH3 is 1. The Morgan fingerprint density at radius 1 is 0.581 bits per heavy atom. The molecule has 0 amide bonds. The summed E-state index contributed by atoms with van der Waals surface area (Å²) in [4.78, 5) is 2.47. The van der Waals surface area contributed by atoms with Gasteiger partial charge in [-0.15, -0.1) is 0 Å². The van der Waals surface area contributed by atoms with Crippen molar-refractivity contribution in [1.82, 2.24) is 0 Å². The van der Waals surface area contributed by atoms with Crippen LogP contribution < -0.4 is 9.64 Å². The second-order valence-corrected chi connectivity index (χ2v) is 8.20. The van der Waals surface area contributed by atoms with Crippen molar-refractivity contribution in [3.05, 3.63) is 108 Å². The van der Waals surface area contributed by atoms with Gasteiger partial charge in [0.05, 0.1) is 7.11 Å². The molecule has 1 aliphatic heterocycles. The first-order valence-corrected chi connectivity index (χ1v) is 10.7. The number of ether oxygens (including phenoxy) is 1. The Morgan fingerprint density at radius 2 is 1.10 bits per heavy atom. The Labute approximate surface area is 182 Å². The summed E-state index contributed by atoms with van der Waals surface area (Å²) < 4.78 is 5.37. The van der Waals surface area contributed by atoms with Crippen molar-refractivity contribution in [2.75, 3.05) is 12.0 Å². The van der Waals surface area contributed by atoms with Crippen LogP contribution in [0.2, 0.25) is 0 Å². The molecule has 0 radical (unpaired) electrons. The Kier molecular flexibility index (Phi) is 4.17. The van der Waals surface area contributed by atoms with E-state index in [4.69, 9.17) is 4.74 Å². The van der Waals surface area contributed by atoms with E-state index in [-0.39, 0.29) is 0 Å². The lowest BCUT2D eigenvalue weighted by molar-refractivity contribution is 0.415. The first-order chi connectivity index (χ1) is 15.3. The normalized spacial score (nSPS) is 13.0. The Bertz CT molecular complexity index is 1330. The van der Waals surface area contributed by atoms with Gasteiger partial charge in [0.25, 0.3) is 0 Å². The number of rotatable bonds is 2. The fourth-order valence-corrected chi connectivity index (χ4v) is 4.93. The first-order valence-electron chi connectivity index (χ1n) is 10.7. The van der Waals surface area contributed by atoms with Crippen LogP contribution in [0.3, 0.4) is 0 Å². The van der Waals surface area contributed by atoms with E-state index in [0.717, 1.165) is 18.8 Å². The lowest BCUT2D eigenvalue weighted by Gasteiger charge is -2.24. The van der Waals surface area contributed by atoms with Crippen molar-refractivity contribution in [1.29, 1.82) is 0 Å². The molecule has 150 valence electrons. The summed E-state index contributed by atoms with van der Waals surface area (Å²) in [6.45, 7) is 1.74. The molecule has 1 heterocycles. The average molecular weight is 402 g/mol. The number of fused-ring (bicyclic) bond motifs is 7. The molecule has 2 nitrogen and oxygen atoms in total. The van der Waals surface area contributed by atoms with Crippen LogP contribution in [0.15, 0.2) is 97.1 Å². The molecule has 5 aromatic carbocycles. The topological polar surface area (TPSA) is 12.5 Å². The quantitative estimate of drug-likeness (QED) is 0.310. The van der Waals surface area contributed by atoms with Gasteiger partial charge in [0, 0.05) is 18.8 Å². The maximum Gasteiger partial charge on any atom is 0.119 e. The van der Waals surface area contributed by atoms with Crippen LogP contribution in [0.4, 0.5) is 5.69 Å². The van der Waals surface area contributed by atoms with Gasteiger partial charge in [-0.05, 0) is 68.1 Å². The van der Waals surface area contributed by atoms with E-state index in [1.807, 2.05) is 12.1 Å². The van der Waals surface area contributed by atoms with Crippen molar-refractivity contribution < 1.29 is 4.74 Å². The molecule has 5 aromatic rings. The number of nitrogens with zero attached hydrogens (tertiary/aromatic N) is 1. The average Bonchev–Trinajstić information content (AvgIpc) is 3.01. The largest absolute Gasteiger partial charge is 0.497 e. The molecule has 0 spiro atoms. The van der Waals surface area contributed by atoms with E-state index in [0.29, 0.717) is 0 Å². The highest BCUT2D eigenvalue weighted by molar-refractivity contribution is 6.08. The summed E-state index contributed by atoms with van der Waals surface area (Å²) in [5.74, 6) is 0.886. The highest BCUT2D eigenvalue weighted by Crippen LogP contribution is 2.42. The van der Waals surface area contributed by atoms with Crippen LogP contribution >= 0.6 is 0 Å². The maximum atomic E-state index is 5.37. The lowest BCUT2D eigenvalue weighted by atomic mass is 9.88. The van der Waals surface area contributed by atoms with Gasteiger partial charge in [0.2, 0.25) is 0 Å². The van der Waals surface area contributed by atoms with Gasteiger partial charge >= 0.3 is 0 Å². The molecule has 0 N–H and O–H groups in total. The Balaban J connectivity index is 1.64. The molecule has 0 unspecified atom stereocenters. The minimum absolute atomic E-state index is 0.871. The van der Waals surface area contributed by atoms with E-state index in [1.54, 1.807) is 7.11 Å². The molecule has 6 rings (SSSR count). The zero-order chi connectivity index (χ0) is 20.8. The Morgan fingerprint density at radius 3 is 1.61 bits per heavy atom. The van der Waals surface area contributed by atoms with Gasteiger partial charge < -0.3 is 9.64 Å².